The maximum atomic E-state index is 13.0. The summed E-state index contributed by atoms with van der Waals surface area (Å²) in [6.07, 6.45) is 6.30. The molecule has 0 fully saturated rings. The molecule has 0 aliphatic rings. The van der Waals surface area contributed by atoms with Crippen molar-refractivity contribution in [3.63, 3.8) is 0 Å². The lowest BCUT2D eigenvalue weighted by Gasteiger charge is -2.19. The molecule has 1 aromatic heterocycles. The third-order valence-corrected chi connectivity index (χ3v) is 7.42. The van der Waals surface area contributed by atoms with Crippen LogP contribution in [0.25, 0.3) is 22.0 Å². The van der Waals surface area contributed by atoms with Crippen molar-refractivity contribution in [2.75, 3.05) is 6.54 Å². The maximum Gasteiger partial charge on any atom is 0.268 e. The summed E-state index contributed by atoms with van der Waals surface area (Å²) in [5, 5.41) is 12.3. The van der Waals surface area contributed by atoms with Gasteiger partial charge in [0.2, 0.25) is 5.91 Å². The van der Waals surface area contributed by atoms with Crippen LogP contribution in [0.15, 0.2) is 91.0 Å². The van der Waals surface area contributed by atoms with Crippen molar-refractivity contribution in [2.45, 2.75) is 40.0 Å². The molecular weight excluding hydrogens is 482 g/mol. The predicted molar refractivity (Wildman–Crippen MR) is 152 cm³/mol. The van der Waals surface area contributed by atoms with Crippen LogP contribution in [0, 0.1) is 17.2 Å². The average Bonchev–Trinajstić information content (AvgIpc) is 3.34. The van der Waals surface area contributed by atoms with Crippen LogP contribution in [0.4, 0.5) is 0 Å². The normalized spacial score (nSPS) is 12.3. The number of hydrogen-bond acceptors (Lipinski definition) is 4. The average molecular weight is 518 g/mol. The molecule has 0 aliphatic carbocycles. The van der Waals surface area contributed by atoms with E-state index in [1.165, 1.54) is 28.4 Å². The zero-order valence-electron chi connectivity index (χ0n) is 21.9. The number of rotatable bonds is 10. The largest absolute Gasteiger partial charge is 0.342 e. The van der Waals surface area contributed by atoms with Gasteiger partial charge in [-0.1, -0.05) is 77.3 Å². The van der Waals surface area contributed by atoms with Crippen LogP contribution in [-0.2, 0) is 14.8 Å². The van der Waals surface area contributed by atoms with Gasteiger partial charge in [-0.3, -0.25) is 4.79 Å². The van der Waals surface area contributed by atoms with Crippen LogP contribution in [0.5, 0.6) is 0 Å². The van der Waals surface area contributed by atoms with Gasteiger partial charge in [-0.05, 0) is 59.4 Å². The van der Waals surface area contributed by atoms with Gasteiger partial charge in [-0.2, -0.15) is 5.26 Å². The zero-order chi connectivity index (χ0) is 27.6. The van der Waals surface area contributed by atoms with Crippen molar-refractivity contribution >= 4 is 26.8 Å². The van der Waals surface area contributed by atoms with Crippen LogP contribution < -0.4 is 5.32 Å². The summed E-state index contributed by atoms with van der Waals surface area (Å²) in [6.45, 7) is 15.3. The number of nitrogens with one attached hydrogen (secondary N) is 1. The SMILES string of the molecule is C=C/C=C(\C=C)S(=O)(=O)n1ccc2cc(-c3cccc([C@@H](CC(C)C)C(=O)NCC#N)c3)ccc21.CC. The van der Waals surface area contributed by atoms with E-state index in [4.69, 9.17) is 5.26 Å². The molecule has 7 heteroatoms. The fraction of sp³-hybridized carbons (Fsp3) is 0.267. The molecule has 1 N–H and O–H groups in total. The van der Waals surface area contributed by atoms with Crippen LogP contribution in [0.2, 0.25) is 0 Å². The van der Waals surface area contributed by atoms with Gasteiger partial charge in [0.25, 0.3) is 10.0 Å². The molecule has 37 heavy (non-hydrogen) atoms. The van der Waals surface area contributed by atoms with E-state index in [9.17, 15) is 13.2 Å². The number of carbonyl (C=O) groups is 1. The van der Waals surface area contributed by atoms with Gasteiger partial charge >= 0.3 is 0 Å². The first-order valence-electron chi connectivity index (χ1n) is 12.3. The van der Waals surface area contributed by atoms with Gasteiger partial charge in [0.05, 0.1) is 22.4 Å². The summed E-state index contributed by atoms with van der Waals surface area (Å²) < 4.78 is 27.3. The Morgan fingerprint density at radius 3 is 2.43 bits per heavy atom. The molecule has 0 aliphatic heterocycles. The van der Waals surface area contributed by atoms with E-state index >= 15 is 0 Å². The number of amides is 1. The van der Waals surface area contributed by atoms with E-state index in [-0.39, 0.29) is 23.3 Å². The Morgan fingerprint density at radius 2 is 1.81 bits per heavy atom. The highest BCUT2D eigenvalue weighted by Gasteiger charge is 2.23. The third-order valence-electron chi connectivity index (χ3n) is 5.68. The van der Waals surface area contributed by atoms with Crippen molar-refractivity contribution in [3.8, 4) is 17.2 Å². The molecule has 0 unspecified atom stereocenters. The highest BCUT2D eigenvalue weighted by atomic mass is 32.2. The quantitative estimate of drug-likeness (QED) is 0.244. The smallest absolute Gasteiger partial charge is 0.268 e. The Kier molecular flexibility index (Phi) is 10.6. The van der Waals surface area contributed by atoms with Crippen LogP contribution >= 0.6 is 0 Å². The molecule has 0 saturated carbocycles. The minimum absolute atomic E-state index is 0.0285. The number of allylic oxidation sites excluding steroid dienone is 3. The number of hydrogen-bond donors (Lipinski definition) is 1. The van der Waals surface area contributed by atoms with Crippen molar-refractivity contribution in [1.82, 2.24) is 9.29 Å². The van der Waals surface area contributed by atoms with Gasteiger partial charge in [0.1, 0.15) is 6.54 Å². The topological polar surface area (TPSA) is 92.0 Å². The lowest BCUT2D eigenvalue weighted by Crippen LogP contribution is -2.30. The van der Waals surface area contributed by atoms with Crippen molar-refractivity contribution < 1.29 is 13.2 Å². The Morgan fingerprint density at radius 1 is 1.11 bits per heavy atom. The Balaban J connectivity index is 0.00000235. The van der Waals surface area contributed by atoms with E-state index in [1.54, 1.807) is 12.1 Å². The Labute approximate surface area is 220 Å². The molecule has 0 bridgehead atoms. The molecule has 6 nitrogen and oxygen atoms in total. The van der Waals surface area contributed by atoms with Crippen molar-refractivity contribution in [1.29, 1.82) is 5.26 Å². The fourth-order valence-corrected chi connectivity index (χ4v) is 5.40. The highest BCUT2D eigenvalue weighted by molar-refractivity contribution is 7.94. The van der Waals surface area contributed by atoms with Crippen LogP contribution in [0.1, 0.15) is 45.6 Å². The van der Waals surface area contributed by atoms with Gasteiger partial charge in [0.15, 0.2) is 0 Å². The number of aromatic nitrogens is 1. The van der Waals surface area contributed by atoms with E-state index in [1.807, 2.05) is 56.3 Å². The second kappa shape index (κ2) is 13.4. The van der Waals surface area contributed by atoms with Gasteiger partial charge in [-0.25, -0.2) is 12.4 Å². The summed E-state index contributed by atoms with van der Waals surface area (Å²) in [5.74, 6) is -0.238. The zero-order valence-corrected chi connectivity index (χ0v) is 22.8. The van der Waals surface area contributed by atoms with E-state index in [0.717, 1.165) is 22.1 Å². The molecule has 3 rings (SSSR count). The molecule has 0 spiro atoms. The summed E-state index contributed by atoms with van der Waals surface area (Å²) in [7, 11) is -3.80. The number of nitrogens with zero attached hydrogens (tertiary/aromatic N) is 2. The minimum Gasteiger partial charge on any atom is -0.342 e. The van der Waals surface area contributed by atoms with Gasteiger partial charge < -0.3 is 5.32 Å². The summed E-state index contributed by atoms with van der Waals surface area (Å²) in [6, 6.07) is 17.0. The number of fused-ring (bicyclic) bond motifs is 1. The number of nitriles is 1. The molecule has 1 atom stereocenters. The number of carbonyl (C=O) groups excluding carboxylic acids is 1. The summed E-state index contributed by atoms with van der Waals surface area (Å²) in [5.41, 5.74) is 3.24. The first-order chi connectivity index (χ1) is 17.7. The Bertz CT molecular complexity index is 1440. The molecule has 0 saturated heterocycles. The monoisotopic (exact) mass is 517 g/mol. The lowest BCUT2D eigenvalue weighted by molar-refractivity contribution is -0.122. The third kappa shape index (κ3) is 6.87. The first kappa shape index (κ1) is 29.3. The first-order valence-corrected chi connectivity index (χ1v) is 13.7. The standard InChI is InChI=1S/C28H29N3O3S.C2H6/c1-5-8-25(6-2)35(33,34)31-16-13-24-19-22(11-12-27(24)31)21-9-7-10-23(18-21)26(17-20(3)4)28(32)30-15-14-29;1-2/h5-13,16,18-20,26H,1-2,15,17H2,3-4H3,(H,30,32);1-2H3/b25-8+;/t26-;/m1./s1. The van der Waals surface area contributed by atoms with Crippen LogP contribution in [0.3, 0.4) is 0 Å². The predicted octanol–water partition coefficient (Wildman–Crippen LogP) is 6.54. The Hall–Kier alpha value is -3.89. The van der Waals surface area contributed by atoms with Crippen LogP contribution in [-0.4, -0.2) is 24.8 Å². The molecular formula is C30H35N3O3S. The molecule has 1 amide bonds. The fourth-order valence-electron chi connectivity index (χ4n) is 4.05. The van der Waals surface area contributed by atoms with E-state index in [0.29, 0.717) is 17.9 Å². The lowest BCUT2D eigenvalue weighted by atomic mass is 9.88. The molecule has 2 aromatic carbocycles. The summed E-state index contributed by atoms with van der Waals surface area (Å²) >= 11 is 0. The summed E-state index contributed by atoms with van der Waals surface area (Å²) in [4.78, 5) is 12.8. The maximum absolute atomic E-state index is 13.0. The molecule has 0 radical (unpaired) electrons. The van der Waals surface area contributed by atoms with Gasteiger partial charge in [-0.15, -0.1) is 0 Å². The molecule has 1 heterocycles. The van der Waals surface area contributed by atoms with E-state index in [2.05, 4.69) is 32.3 Å². The second-order valence-electron chi connectivity index (χ2n) is 8.58. The van der Waals surface area contributed by atoms with E-state index < -0.39 is 10.0 Å². The van der Waals surface area contributed by atoms with Gasteiger partial charge in [0, 0.05) is 11.6 Å². The molecule has 194 valence electrons. The molecule has 3 aromatic rings. The number of benzene rings is 2. The second-order valence-corrected chi connectivity index (χ2v) is 10.4. The van der Waals surface area contributed by atoms with Crippen molar-refractivity contribution in [3.05, 3.63) is 96.6 Å². The highest BCUT2D eigenvalue weighted by Crippen LogP contribution is 2.31. The van der Waals surface area contributed by atoms with Crippen molar-refractivity contribution in [2.24, 2.45) is 5.92 Å². The minimum atomic E-state index is -3.80.